The van der Waals surface area contributed by atoms with E-state index in [9.17, 15) is 13.2 Å². The van der Waals surface area contributed by atoms with Crippen LogP contribution in [0.2, 0.25) is 0 Å². The third-order valence-electron chi connectivity index (χ3n) is 3.91. The molecular formula is C17H18N2O5S. The van der Waals surface area contributed by atoms with Gasteiger partial charge in [-0.05, 0) is 43.3 Å². The van der Waals surface area contributed by atoms with Crippen LogP contribution < -0.4 is 19.1 Å². The first-order valence-corrected chi connectivity index (χ1v) is 9.29. The van der Waals surface area contributed by atoms with E-state index in [1.54, 1.807) is 49.4 Å². The summed E-state index contributed by atoms with van der Waals surface area (Å²) >= 11 is 0. The van der Waals surface area contributed by atoms with E-state index in [0.717, 1.165) is 0 Å². The summed E-state index contributed by atoms with van der Waals surface area (Å²) in [7, 11) is -1.85. The first-order chi connectivity index (χ1) is 11.9. The number of carbonyl (C=O) groups excluding carboxylic acids is 1. The Bertz CT molecular complexity index is 894. The van der Waals surface area contributed by atoms with Gasteiger partial charge in [0.25, 0.3) is 5.91 Å². The van der Waals surface area contributed by atoms with E-state index in [4.69, 9.17) is 9.47 Å². The van der Waals surface area contributed by atoms with Gasteiger partial charge < -0.3 is 14.8 Å². The van der Waals surface area contributed by atoms with Gasteiger partial charge in [0.2, 0.25) is 16.8 Å². The Balaban J connectivity index is 1.73. The van der Waals surface area contributed by atoms with Crippen LogP contribution in [0, 0.1) is 0 Å². The number of fused-ring (bicyclic) bond motifs is 1. The SMILES string of the molecule is CCS(=O)(=O)N(C)c1ccc(C(=O)Nc2ccc3c(c2)OCO3)cc1. The average Bonchev–Trinajstić information content (AvgIpc) is 3.09. The van der Waals surface area contributed by atoms with Gasteiger partial charge in [-0.3, -0.25) is 9.10 Å². The van der Waals surface area contributed by atoms with Gasteiger partial charge in [-0.1, -0.05) is 0 Å². The molecule has 0 bridgehead atoms. The standard InChI is InChI=1S/C17H18N2O5S/c1-3-25(21,22)19(2)14-7-4-12(5-8-14)17(20)18-13-6-9-15-16(10-13)24-11-23-15/h4-10H,3,11H2,1-2H3,(H,18,20). The van der Waals surface area contributed by atoms with Gasteiger partial charge in [0.15, 0.2) is 11.5 Å². The Kier molecular flexibility index (Phi) is 4.54. The van der Waals surface area contributed by atoms with Gasteiger partial charge in [0, 0.05) is 24.4 Å². The van der Waals surface area contributed by atoms with Crippen molar-refractivity contribution < 1.29 is 22.7 Å². The first kappa shape index (κ1) is 17.1. The Hall–Kier alpha value is -2.74. The van der Waals surface area contributed by atoms with Crippen molar-refractivity contribution in [2.75, 3.05) is 29.2 Å². The van der Waals surface area contributed by atoms with Gasteiger partial charge in [0.05, 0.1) is 11.4 Å². The molecule has 2 aromatic carbocycles. The summed E-state index contributed by atoms with van der Waals surface area (Å²) in [6, 6.07) is 11.5. The summed E-state index contributed by atoms with van der Waals surface area (Å²) in [5, 5.41) is 2.77. The fourth-order valence-corrected chi connectivity index (χ4v) is 3.18. The van der Waals surface area contributed by atoms with Crippen molar-refractivity contribution in [2.24, 2.45) is 0 Å². The number of hydrogen-bond acceptors (Lipinski definition) is 5. The zero-order chi connectivity index (χ0) is 18.0. The molecule has 1 aliphatic rings. The minimum atomic E-state index is -3.33. The molecule has 0 radical (unpaired) electrons. The molecule has 0 saturated heterocycles. The molecular weight excluding hydrogens is 344 g/mol. The second-order valence-electron chi connectivity index (χ2n) is 5.44. The number of hydrogen-bond donors (Lipinski definition) is 1. The Labute approximate surface area is 146 Å². The lowest BCUT2D eigenvalue weighted by atomic mass is 10.2. The average molecular weight is 362 g/mol. The summed E-state index contributed by atoms with van der Waals surface area (Å²) < 4.78 is 35.5. The Morgan fingerprint density at radius 2 is 1.80 bits per heavy atom. The Morgan fingerprint density at radius 1 is 1.12 bits per heavy atom. The van der Waals surface area contributed by atoms with E-state index in [1.807, 2.05) is 0 Å². The highest BCUT2D eigenvalue weighted by molar-refractivity contribution is 7.92. The van der Waals surface area contributed by atoms with E-state index >= 15 is 0 Å². The van der Waals surface area contributed by atoms with Crippen molar-refractivity contribution in [1.82, 2.24) is 0 Å². The maximum absolute atomic E-state index is 12.3. The van der Waals surface area contributed by atoms with Gasteiger partial charge in [0.1, 0.15) is 0 Å². The predicted molar refractivity (Wildman–Crippen MR) is 94.8 cm³/mol. The van der Waals surface area contributed by atoms with E-state index in [0.29, 0.717) is 28.4 Å². The van der Waals surface area contributed by atoms with Crippen LogP contribution in [0.4, 0.5) is 11.4 Å². The van der Waals surface area contributed by atoms with Gasteiger partial charge in [-0.25, -0.2) is 8.42 Å². The van der Waals surface area contributed by atoms with Crippen molar-refractivity contribution in [3.05, 3.63) is 48.0 Å². The van der Waals surface area contributed by atoms with Gasteiger partial charge in [-0.15, -0.1) is 0 Å². The molecule has 0 aromatic heterocycles. The fraction of sp³-hybridized carbons (Fsp3) is 0.235. The second kappa shape index (κ2) is 6.64. The van der Waals surface area contributed by atoms with Crippen LogP contribution in [0.25, 0.3) is 0 Å². The second-order valence-corrected chi connectivity index (χ2v) is 7.73. The molecule has 0 spiro atoms. The van der Waals surface area contributed by atoms with Crippen molar-refractivity contribution >= 4 is 27.3 Å². The summed E-state index contributed by atoms with van der Waals surface area (Å²) in [6.45, 7) is 1.75. The normalized spacial score (nSPS) is 12.7. The van der Waals surface area contributed by atoms with Crippen LogP contribution in [0.1, 0.15) is 17.3 Å². The molecule has 0 fully saturated rings. The van der Waals surface area contributed by atoms with Gasteiger partial charge in [-0.2, -0.15) is 0 Å². The lowest BCUT2D eigenvalue weighted by molar-refractivity contribution is 0.102. The summed E-state index contributed by atoms with van der Waals surface area (Å²) in [4.78, 5) is 12.3. The van der Waals surface area contributed by atoms with Crippen LogP contribution in [-0.4, -0.2) is 33.9 Å². The van der Waals surface area contributed by atoms with Crippen molar-refractivity contribution in [3.63, 3.8) is 0 Å². The third-order valence-corrected chi connectivity index (χ3v) is 5.68. The highest BCUT2D eigenvalue weighted by atomic mass is 32.2. The lowest BCUT2D eigenvalue weighted by Crippen LogP contribution is -2.28. The molecule has 25 heavy (non-hydrogen) atoms. The molecule has 132 valence electrons. The van der Waals surface area contributed by atoms with E-state index in [1.165, 1.54) is 11.4 Å². The molecule has 1 amide bonds. The maximum atomic E-state index is 12.3. The maximum Gasteiger partial charge on any atom is 0.255 e. The molecule has 3 rings (SSSR count). The molecule has 0 aliphatic carbocycles. The minimum absolute atomic E-state index is 0.00977. The highest BCUT2D eigenvalue weighted by Gasteiger charge is 2.17. The van der Waals surface area contributed by atoms with E-state index < -0.39 is 10.0 Å². The van der Waals surface area contributed by atoms with E-state index in [-0.39, 0.29) is 18.5 Å². The first-order valence-electron chi connectivity index (χ1n) is 7.68. The summed E-state index contributed by atoms with van der Waals surface area (Å²) in [5.41, 5.74) is 1.51. The monoisotopic (exact) mass is 362 g/mol. The quantitative estimate of drug-likeness (QED) is 0.883. The molecule has 1 N–H and O–H groups in total. The molecule has 7 nitrogen and oxygen atoms in total. The molecule has 1 heterocycles. The topological polar surface area (TPSA) is 84.9 Å². The number of nitrogens with zero attached hydrogens (tertiary/aromatic N) is 1. The van der Waals surface area contributed by atoms with Crippen molar-refractivity contribution in [3.8, 4) is 11.5 Å². The van der Waals surface area contributed by atoms with Crippen molar-refractivity contribution in [2.45, 2.75) is 6.92 Å². The largest absolute Gasteiger partial charge is 0.454 e. The predicted octanol–water partition coefficient (Wildman–Crippen LogP) is 2.45. The zero-order valence-electron chi connectivity index (χ0n) is 13.9. The summed E-state index contributed by atoms with van der Waals surface area (Å²) in [5.74, 6) is 0.934. The van der Waals surface area contributed by atoms with Crippen LogP contribution in [-0.2, 0) is 10.0 Å². The third kappa shape index (κ3) is 3.53. The number of sulfonamides is 1. The highest BCUT2D eigenvalue weighted by Crippen LogP contribution is 2.34. The smallest absolute Gasteiger partial charge is 0.255 e. The number of ether oxygens (including phenoxy) is 2. The Morgan fingerprint density at radius 3 is 2.48 bits per heavy atom. The van der Waals surface area contributed by atoms with E-state index in [2.05, 4.69) is 5.32 Å². The van der Waals surface area contributed by atoms with Crippen LogP contribution in [0.15, 0.2) is 42.5 Å². The number of benzene rings is 2. The molecule has 0 unspecified atom stereocenters. The number of rotatable bonds is 5. The van der Waals surface area contributed by atoms with Crippen LogP contribution in [0.3, 0.4) is 0 Å². The van der Waals surface area contributed by atoms with Crippen LogP contribution in [0.5, 0.6) is 11.5 Å². The minimum Gasteiger partial charge on any atom is -0.454 e. The number of carbonyl (C=O) groups is 1. The fourth-order valence-electron chi connectivity index (χ4n) is 2.35. The molecule has 0 saturated carbocycles. The lowest BCUT2D eigenvalue weighted by Gasteiger charge is -2.18. The number of anilines is 2. The number of amides is 1. The molecule has 2 aromatic rings. The van der Waals surface area contributed by atoms with Crippen molar-refractivity contribution in [1.29, 1.82) is 0 Å². The number of nitrogens with one attached hydrogen (secondary N) is 1. The summed E-state index contributed by atoms with van der Waals surface area (Å²) in [6.07, 6.45) is 0. The molecule has 0 atom stereocenters. The zero-order valence-corrected chi connectivity index (χ0v) is 14.7. The molecule has 8 heteroatoms. The van der Waals surface area contributed by atoms with Crippen LogP contribution >= 0.6 is 0 Å². The molecule has 1 aliphatic heterocycles. The van der Waals surface area contributed by atoms with Gasteiger partial charge >= 0.3 is 0 Å².